The fourth-order valence-electron chi connectivity index (χ4n) is 2.74. The number of pyridine rings is 1. The van der Waals surface area contributed by atoms with Crippen molar-refractivity contribution < 1.29 is 36.2 Å². The van der Waals surface area contributed by atoms with Crippen molar-refractivity contribution in [1.29, 1.82) is 0 Å². The van der Waals surface area contributed by atoms with Crippen molar-refractivity contribution in [2.75, 3.05) is 0 Å². The summed E-state index contributed by atoms with van der Waals surface area (Å²) >= 11 is 0. The number of carboxylic acids is 1. The van der Waals surface area contributed by atoms with Gasteiger partial charge >= 0.3 is 18.3 Å². The fourth-order valence-corrected chi connectivity index (χ4v) is 2.74. The molecule has 3 nitrogen and oxygen atoms in total. The van der Waals surface area contributed by atoms with Crippen LogP contribution in [0.2, 0.25) is 0 Å². The Hall–Kier alpha value is -3.36. The van der Waals surface area contributed by atoms with Gasteiger partial charge in [-0.25, -0.2) is 9.78 Å². The van der Waals surface area contributed by atoms with E-state index in [2.05, 4.69) is 4.98 Å². The maximum absolute atomic E-state index is 13.1. The third-order valence-electron chi connectivity index (χ3n) is 4.08. The van der Waals surface area contributed by atoms with E-state index in [1.54, 1.807) is 0 Å². The smallest absolute Gasteiger partial charge is 0.416 e. The summed E-state index contributed by atoms with van der Waals surface area (Å²) < 4.78 is 78.3. The molecule has 2 aromatic carbocycles. The third-order valence-corrected chi connectivity index (χ3v) is 4.08. The van der Waals surface area contributed by atoms with Crippen molar-refractivity contribution in [1.82, 2.24) is 4.98 Å². The van der Waals surface area contributed by atoms with Gasteiger partial charge in [0.2, 0.25) is 0 Å². The first-order chi connectivity index (χ1) is 13.5. The lowest BCUT2D eigenvalue weighted by Gasteiger charge is -2.14. The molecule has 1 N–H and O–H groups in total. The molecule has 0 saturated heterocycles. The number of hydrogen-bond acceptors (Lipinski definition) is 2. The topological polar surface area (TPSA) is 50.2 Å². The van der Waals surface area contributed by atoms with E-state index in [1.165, 1.54) is 18.2 Å². The average molecular weight is 411 g/mol. The first-order valence-corrected chi connectivity index (χ1v) is 8.06. The third kappa shape index (κ3) is 4.39. The summed E-state index contributed by atoms with van der Waals surface area (Å²) in [4.78, 5) is 15.1. The van der Waals surface area contributed by atoms with E-state index < -0.39 is 35.1 Å². The second kappa shape index (κ2) is 7.23. The molecule has 1 aromatic heterocycles. The fraction of sp³-hybridized carbons (Fsp3) is 0.100. The number of halogens is 6. The summed E-state index contributed by atoms with van der Waals surface area (Å²) in [7, 11) is 0. The number of aromatic carboxylic acids is 1. The van der Waals surface area contributed by atoms with Crippen LogP contribution in [-0.2, 0) is 12.4 Å². The number of rotatable bonds is 3. The summed E-state index contributed by atoms with van der Waals surface area (Å²) in [5.41, 5.74) is -2.53. The van der Waals surface area contributed by atoms with Crippen molar-refractivity contribution in [2.24, 2.45) is 0 Å². The molecule has 9 heteroatoms. The average Bonchev–Trinajstić information content (AvgIpc) is 2.66. The van der Waals surface area contributed by atoms with Crippen LogP contribution >= 0.6 is 0 Å². The van der Waals surface area contributed by atoms with Crippen LogP contribution in [0.3, 0.4) is 0 Å². The molecule has 3 aromatic rings. The highest BCUT2D eigenvalue weighted by Gasteiger charge is 2.32. The van der Waals surface area contributed by atoms with Gasteiger partial charge in [0.1, 0.15) is 5.69 Å². The second-order valence-corrected chi connectivity index (χ2v) is 6.05. The lowest BCUT2D eigenvalue weighted by molar-refractivity contribution is -0.138. The molecule has 0 unspecified atom stereocenters. The van der Waals surface area contributed by atoms with E-state index in [0.717, 1.165) is 42.5 Å². The van der Waals surface area contributed by atoms with Crippen LogP contribution in [0, 0.1) is 0 Å². The molecule has 0 aliphatic rings. The molecular weight excluding hydrogens is 400 g/mol. The predicted molar refractivity (Wildman–Crippen MR) is 92.1 cm³/mol. The van der Waals surface area contributed by atoms with Gasteiger partial charge in [0.25, 0.3) is 0 Å². The maximum atomic E-state index is 13.1. The van der Waals surface area contributed by atoms with Gasteiger partial charge in [-0.2, -0.15) is 26.3 Å². The molecule has 1 heterocycles. The molecule has 0 saturated carbocycles. The van der Waals surface area contributed by atoms with Crippen LogP contribution in [-0.4, -0.2) is 16.1 Å². The van der Waals surface area contributed by atoms with Gasteiger partial charge in [0, 0.05) is 11.1 Å². The Morgan fingerprint density at radius 2 is 1.28 bits per heavy atom. The zero-order valence-electron chi connectivity index (χ0n) is 14.3. The van der Waals surface area contributed by atoms with Crippen LogP contribution in [0.5, 0.6) is 0 Å². The van der Waals surface area contributed by atoms with E-state index in [1.807, 2.05) is 0 Å². The molecule has 0 amide bonds. The molecule has 0 bridgehead atoms. The molecule has 0 aliphatic carbocycles. The zero-order valence-corrected chi connectivity index (χ0v) is 14.3. The predicted octanol–water partition coefficient (Wildman–Crippen LogP) is 6.15. The first kappa shape index (κ1) is 20.4. The Kier molecular flexibility index (Phi) is 5.08. The number of aromatic nitrogens is 1. The highest BCUT2D eigenvalue weighted by molar-refractivity contribution is 5.89. The van der Waals surface area contributed by atoms with Gasteiger partial charge in [-0.15, -0.1) is 0 Å². The zero-order chi connectivity index (χ0) is 21.4. The lowest BCUT2D eigenvalue weighted by atomic mass is 9.96. The van der Waals surface area contributed by atoms with E-state index >= 15 is 0 Å². The number of carboxylic acid groups (broad SMARTS) is 1. The Bertz CT molecular complexity index is 1070. The van der Waals surface area contributed by atoms with Crippen LogP contribution in [0.4, 0.5) is 26.3 Å². The van der Waals surface area contributed by atoms with Crippen molar-refractivity contribution in [2.45, 2.75) is 12.4 Å². The highest BCUT2D eigenvalue weighted by atomic mass is 19.4. The van der Waals surface area contributed by atoms with Crippen LogP contribution in [0.25, 0.3) is 22.4 Å². The van der Waals surface area contributed by atoms with Crippen molar-refractivity contribution in [3.05, 3.63) is 77.5 Å². The van der Waals surface area contributed by atoms with Gasteiger partial charge in [0.05, 0.1) is 16.8 Å². The number of hydrogen-bond donors (Lipinski definition) is 1. The molecule has 0 atom stereocenters. The monoisotopic (exact) mass is 411 g/mol. The van der Waals surface area contributed by atoms with E-state index in [0.29, 0.717) is 0 Å². The lowest BCUT2D eigenvalue weighted by Crippen LogP contribution is -2.07. The Balaban J connectivity index is 2.24. The largest absolute Gasteiger partial charge is 0.477 e. The molecule has 0 radical (unpaired) electrons. The van der Waals surface area contributed by atoms with Crippen LogP contribution in [0.1, 0.15) is 21.6 Å². The summed E-state index contributed by atoms with van der Waals surface area (Å²) in [5, 5.41) is 9.16. The number of benzene rings is 2. The van der Waals surface area contributed by atoms with Gasteiger partial charge in [0.15, 0.2) is 0 Å². The van der Waals surface area contributed by atoms with Crippen molar-refractivity contribution in [3.63, 3.8) is 0 Å². The first-order valence-electron chi connectivity index (χ1n) is 8.06. The standard InChI is InChI=1S/C20H11F6NO2/c21-19(22,23)13-5-1-3-11(9-13)15-7-8-16(18(28)29)27-17(15)12-4-2-6-14(10-12)20(24,25)26/h1-10H,(H,28,29). The Morgan fingerprint density at radius 1 is 0.759 bits per heavy atom. The van der Waals surface area contributed by atoms with Crippen LogP contribution in [0.15, 0.2) is 60.7 Å². The molecular formula is C20H11F6NO2. The van der Waals surface area contributed by atoms with E-state index in [9.17, 15) is 31.1 Å². The van der Waals surface area contributed by atoms with Crippen molar-refractivity contribution in [3.8, 4) is 22.4 Å². The molecule has 29 heavy (non-hydrogen) atoms. The molecule has 0 aliphatic heterocycles. The summed E-state index contributed by atoms with van der Waals surface area (Å²) in [6.07, 6.45) is -9.28. The highest BCUT2D eigenvalue weighted by Crippen LogP contribution is 2.37. The maximum Gasteiger partial charge on any atom is 0.416 e. The number of nitrogens with zero attached hydrogens (tertiary/aromatic N) is 1. The minimum absolute atomic E-state index is 0.0386. The SMILES string of the molecule is O=C(O)c1ccc(-c2cccc(C(F)(F)F)c2)c(-c2cccc(C(F)(F)F)c2)n1. The molecule has 0 spiro atoms. The van der Waals surface area contributed by atoms with Crippen LogP contribution < -0.4 is 0 Å². The Labute approximate surface area is 160 Å². The second-order valence-electron chi connectivity index (χ2n) is 6.05. The van der Waals surface area contributed by atoms with E-state index in [-0.39, 0.29) is 22.4 Å². The molecule has 3 rings (SSSR count). The van der Waals surface area contributed by atoms with Crippen molar-refractivity contribution >= 4 is 5.97 Å². The minimum Gasteiger partial charge on any atom is -0.477 e. The van der Waals surface area contributed by atoms with Gasteiger partial charge in [-0.3, -0.25) is 0 Å². The minimum atomic E-state index is -4.66. The Morgan fingerprint density at radius 3 is 1.79 bits per heavy atom. The van der Waals surface area contributed by atoms with E-state index in [4.69, 9.17) is 5.11 Å². The molecule has 0 fully saturated rings. The van der Waals surface area contributed by atoms with Gasteiger partial charge < -0.3 is 5.11 Å². The van der Waals surface area contributed by atoms with Gasteiger partial charge in [-0.1, -0.05) is 24.3 Å². The summed E-state index contributed by atoms with van der Waals surface area (Å²) in [5.74, 6) is -1.42. The summed E-state index contributed by atoms with van der Waals surface area (Å²) in [6, 6.07) is 10.5. The normalized spacial score (nSPS) is 12.1. The summed E-state index contributed by atoms with van der Waals surface area (Å²) in [6.45, 7) is 0. The number of carbonyl (C=O) groups is 1. The molecule has 150 valence electrons. The van der Waals surface area contributed by atoms with Gasteiger partial charge in [-0.05, 0) is 42.0 Å². The quantitative estimate of drug-likeness (QED) is 0.526. The number of alkyl halides is 6.